The van der Waals surface area contributed by atoms with Crippen LogP contribution in [-0.4, -0.2) is 69.2 Å². The van der Waals surface area contributed by atoms with Gasteiger partial charge in [-0.05, 0) is 19.4 Å². The van der Waals surface area contributed by atoms with Gasteiger partial charge in [-0.25, -0.2) is 9.78 Å². The van der Waals surface area contributed by atoms with Crippen LogP contribution in [-0.2, 0) is 20.8 Å². The minimum absolute atomic E-state index is 0.0604. The summed E-state index contributed by atoms with van der Waals surface area (Å²) in [6.07, 6.45) is 4.78. The third kappa shape index (κ3) is 7.17. The summed E-state index contributed by atoms with van der Waals surface area (Å²) in [6, 6.07) is -3.36. The fraction of sp³-hybridized carbons (Fsp3) is 0.600. The lowest BCUT2D eigenvalue weighted by Gasteiger charge is -2.22. The summed E-state index contributed by atoms with van der Waals surface area (Å²) in [6.45, 7) is -0.276. The predicted molar refractivity (Wildman–Crippen MR) is 91.8 cm³/mol. The monoisotopic (exact) mass is 370 g/mol. The molecular weight excluding hydrogens is 344 g/mol. The van der Waals surface area contributed by atoms with Crippen molar-refractivity contribution >= 4 is 17.8 Å². The van der Waals surface area contributed by atoms with Crippen LogP contribution < -0.4 is 22.1 Å². The van der Waals surface area contributed by atoms with Crippen molar-refractivity contribution in [2.45, 2.75) is 43.8 Å². The number of aromatic nitrogens is 2. The number of carboxylic acid groups (broad SMARTS) is 1. The van der Waals surface area contributed by atoms with Crippen molar-refractivity contribution in [1.82, 2.24) is 20.6 Å². The molecule has 1 aromatic rings. The number of aliphatic hydroxyl groups excluding tert-OH is 1. The first-order valence-electron chi connectivity index (χ1n) is 8.26. The largest absolute Gasteiger partial charge is 0.480 e. The first kappa shape index (κ1) is 21.5. The van der Waals surface area contributed by atoms with Gasteiger partial charge in [0.2, 0.25) is 11.8 Å². The maximum Gasteiger partial charge on any atom is 0.328 e. The molecule has 3 atom stereocenters. The van der Waals surface area contributed by atoms with E-state index in [4.69, 9.17) is 21.7 Å². The molecule has 0 radical (unpaired) electrons. The molecule has 146 valence electrons. The summed E-state index contributed by atoms with van der Waals surface area (Å²) in [7, 11) is 0. The average molecular weight is 370 g/mol. The van der Waals surface area contributed by atoms with Gasteiger partial charge in [-0.1, -0.05) is 6.42 Å². The molecule has 0 aliphatic carbocycles. The molecule has 0 aliphatic rings. The van der Waals surface area contributed by atoms with Gasteiger partial charge in [0.15, 0.2) is 0 Å². The van der Waals surface area contributed by atoms with E-state index in [1.54, 1.807) is 0 Å². The SMILES string of the molecule is NCCCC[C@H](N)C(=O)N[C@@H](Cc1cnc[nH]1)C(=O)N[C@@H](CO)C(=O)O. The number of aliphatic carboxylic acids is 1. The van der Waals surface area contributed by atoms with E-state index in [1.165, 1.54) is 12.5 Å². The molecule has 0 saturated heterocycles. The summed E-state index contributed by atoms with van der Waals surface area (Å²) in [5, 5.41) is 22.7. The van der Waals surface area contributed by atoms with E-state index in [9.17, 15) is 14.4 Å². The van der Waals surface area contributed by atoms with E-state index < -0.39 is 42.5 Å². The Balaban J connectivity index is 2.76. The van der Waals surface area contributed by atoms with E-state index in [1.807, 2.05) is 0 Å². The number of imidazole rings is 1. The second-order valence-electron chi connectivity index (χ2n) is 5.82. The van der Waals surface area contributed by atoms with Gasteiger partial charge in [-0.3, -0.25) is 9.59 Å². The Hall–Kier alpha value is -2.50. The van der Waals surface area contributed by atoms with Crippen LogP contribution >= 0.6 is 0 Å². The van der Waals surface area contributed by atoms with Crippen LogP contribution in [0.25, 0.3) is 0 Å². The molecule has 0 fully saturated rings. The third-order valence-corrected chi connectivity index (χ3v) is 3.72. The van der Waals surface area contributed by atoms with E-state index in [0.29, 0.717) is 25.1 Å². The van der Waals surface area contributed by atoms with Gasteiger partial charge in [0.05, 0.1) is 19.0 Å². The molecule has 0 aliphatic heterocycles. The number of aliphatic hydroxyl groups is 1. The predicted octanol–water partition coefficient (Wildman–Crippen LogP) is -2.54. The molecule has 0 spiro atoms. The van der Waals surface area contributed by atoms with Crippen LogP contribution in [0.15, 0.2) is 12.5 Å². The van der Waals surface area contributed by atoms with E-state index >= 15 is 0 Å². The lowest BCUT2D eigenvalue weighted by atomic mass is 10.1. The Labute approximate surface area is 150 Å². The fourth-order valence-corrected chi connectivity index (χ4v) is 2.20. The van der Waals surface area contributed by atoms with Gasteiger partial charge in [-0.15, -0.1) is 0 Å². The molecule has 26 heavy (non-hydrogen) atoms. The highest BCUT2D eigenvalue weighted by atomic mass is 16.4. The van der Waals surface area contributed by atoms with E-state index in [-0.39, 0.29) is 6.42 Å². The standard InChI is InChI=1S/C15H26N6O5/c16-4-2-1-3-10(17)13(23)20-11(5-9-6-18-8-19-9)14(24)21-12(7-22)15(25)26/h6,8,10-12,22H,1-5,7,16-17H2,(H,18,19)(H,20,23)(H,21,24)(H,25,26)/t10-,11-,12-/m0/s1. The lowest BCUT2D eigenvalue weighted by molar-refractivity contribution is -0.143. The highest BCUT2D eigenvalue weighted by molar-refractivity contribution is 5.91. The topological polar surface area (TPSA) is 196 Å². The number of unbranched alkanes of at least 4 members (excludes halogenated alkanes) is 1. The zero-order chi connectivity index (χ0) is 19.5. The van der Waals surface area contributed by atoms with Crippen LogP contribution in [0.2, 0.25) is 0 Å². The Morgan fingerprint density at radius 3 is 2.42 bits per heavy atom. The number of hydrogen-bond acceptors (Lipinski definition) is 7. The Morgan fingerprint density at radius 1 is 1.19 bits per heavy atom. The van der Waals surface area contributed by atoms with Crippen LogP contribution in [0.1, 0.15) is 25.0 Å². The Morgan fingerprint density at radius 2 is 1.88 bits per heavy atom. The second-order valence-corrected chi connectivity index (χ2v) is 5.82. The molecule has 0 aromatic carbocycles. The number of H-pyrrole nitrogens is 1. The molecule has 1 heterocycles. The zero-order valence-corrected chi connectivity index (χ0v) is 14.4. The average Bonchev–Trinajstić information content (AvgIpc) is 3.11. The first-order chi connectivity index (χ1) is 12.4. The molecule has 1 rings (SSSR count). The molecule has 0 unspecified atom stereocenters. The number of aromatic amines is 1. The fourth-order valence-electron chi connectivity index (χ4n) is 2.20. The highest BCUT2D eigenvalue weighted by Crippen LogP contribution is 2.03. The smallest absolute Gasteiger partial charge is 0.328 e. The van der Waals surface area contributed by atoms with E-state index in [2.05, 4.69) is 20.6 Å². The first-order valence-corrected chi connectivity index (χ1v) is 8.26. The number of carbonyl (C=O) groups excluding carboxylic acids is 2. The van der Waals surface area contributed by atoms with Crippen molar-refractivity contribution in [3.05, 3.63) is 18.2 Å². The summed E-state index contributed by atoms with van der Waals surface area (Å²) in [5.41, 5.74) is 11.8. The minimum Gasteiger partial charge on any atom is -0.480 e. The number of hydrogen-bond donors (Lipinski definition) is 7. The number of rotatable bonds is 12. The Bertz CT molecular complexity index is 579. The number of nitrogens with two attached hydrogens (primary N) is 2. The highest BCUT2D eigenvalue weighted by Gasteiger charge is 2.28. The third-order valence-electron chi connectivity index (χ3n) is 3.72. The lowest BCUT2D eigenvalue weighted by Crippen LogP contribution is -2.55. The summed E-state index contributed by atoms with van der Waals surface area (Å²) in [5.74, 6) is -2.66. The Kier molecular flexibility index (Phi) is 9.26. The van der Waals surface area contributed by atoms with Crippen molar-refractivity contribution in [2.24, 2.45) is 11.5 Å². The minimum atomic E-state index is -1.47. The molecular formula is C15H26N6O5. The number of nitrogens with one attached hydrogen (secondary N) is 3. The molecule has 0 bridgehead atoms. The number of carbonyl (C=O) groups is 3. The molecule has 9 N–H and O–H groups in total. The van der Waals surface area contributed by atoms with Crippen molar-refractivity contribution in [3.8, 4) is 0 Å². The summed E-state index contributed by atoms with van der Waals surface area (Å²) < 4.78 is 0. The van der Waals surface area contributed by atoms with Crippen molar-refractivity contribution < 1.29 is 24.6 Å². The summed E-state index contributed by atoms with van der Waals surface area (Å²) in [4.78, 5) is 42.2. The second kappa shape index (κ2) is 11.2. The maximum atomic E-state index is 12.4. The summed E-state index contributed by atoms with van der Waals surface area (Å²) >= 11 is 0. The normalized spacial score (nSPS) is 14.3. The molecule has 11 heteroatoms. The quantitative estimate of drug-likeness (QED) is 0.195. The van der Waals surface area contributed by atoms with Gasteiger partial charge in [0.25, 0.3) is 0 Å². The molecule has 1 aromatic heterocycles. The van der Waals surface area contributed by atoms with Crippen LogP contribution in [0, 0.1) is 0 Å². The van der Waals surface area contributed by atoms with Crippen LogP contribution in [0.5, 0.6) is 0 Å². The number of carboxylic acids is 1. The van der Waals surface area contributed by atoms with Crippen LogP contribution in [0.3, 0.4) is 0 Å². The van der Waals surface area contributed by atoms with Gasteiger partial charge in [-0.2, -0.15) is 0 Å². The van der Waals surface area contributed by atoms with Crippen LogP contribution in [0.4, 0.5) is 0 Å². The van der Waals surface area contributed by atoms with Gasteiger partial charge < -0.3 is 37.3 Å². The molecule has 11 nitrogen and oxygen atoms in total. The van der Waals surface area contributed by atoms with Gasteiger partial charge in [0, 0.05) is 18.3 Å². The number of amides is 2. The van der Waals surface area contributed by atoms with E-state index in [0.717, 1.165) is 6.42 Å². The van der Waals surface area contributed by atoms with Crippen molar-refractivity contribution in [1.29, 1.82) is 0 Å². The molecule has 2 amide bonds. The zero-order valence-electron chi connectivity index (χ0n) is 14.4. The van der Waals surface area contributed by atoms with Crippen molar-refractivity contribution in [2.75, 3.05) is 13.2 Å². The van der Waals surface area contributed by atoms with Gasteiger partial charge >= 0.3 is 5.97 Å². The maximum absolute atomic E-state index is 12.4. The van der Waals surface area contributed by atoms with Crippen molar-refractivity contribution in [3.63, 3.8) is 0 Å². The number of nitrogens with zero attached hydrogens (tertiary/aromatic N) is 1. The molecule has 0 saturated carbocycles. The van der Waals surface area contributed by atoms with Gasteiger partial charge in [0.1, 0.15) is 12.1 Å².